The Balaban J connectivity index is 1.52. The molecule has 2 aromatic heterocycles. The number of nitrogens with zero attached hydrogens (tertiary/aromatic N) is 2. The third kappa shape index (κ3) is 3.69. The van der Waals surface area contributed by atoms with Gasteiger partial charge < -0.3 is 9.52 Å². The van der Waals surface area contributed by atoms with Gasteiger partial charge in [0.1, 0.15) is 11.5 Å². The number of aromatic nitrogens is 1. The molecule has 4 rings (SSSR count). The Morgan fingerprint density at radius 2 is 2.07 bits per heavy atom. The molecule has 0 saturated carbocycles. The normalized spacial score (nSPS) is 11.3. The monoisotopic (exact) mass is 397 g/mol. The number of halogens is 1. The fourth-order valence-corrected chi connectivity index (χ4v) is 3.51. The van der Waals surface area contributed by atoms with Crippen LogP contribution in [0.3, 0.4) is 0 Å². The minimum Gasteiger partial charge on any atom is -0.478 e. The lowest BCUT2D eigenvalue weighted by molar-refractivity contribution is 0.0697. The van der Waals surface area contributed by atoms with Crippen molar-refractivity contribution in [2.45, 2.75) is 0 Å². The van der Waals surface area contributed by atoms with E-state index in [1.54, 1.807) is 12.1 Å². The van der Waals surface area contributed by atoms with E-state index in [-0.39, 0.29) is 5.56 Å². The number of carbonyl (C=O) groups is 1. The molecule has 0 radical (unpaired) electrons. The Hall–Kier alpha value is -3.16. The van der Waals surface area contributed by atoms with Gasteiger partial charge in [0.2, 0.25) is 5.13 Å². The number of hydrogen-bond donors (Lipinski definition) is 2. The summed E-state index contributed by atoms with van der Waals surface area (Å²) < 4.78 is 6.77. The quantitative estimate of drug-likeness (QED) is 0.350. The first kappa shape index (κ1) is 17.3. The summed E-state index contributed by atoms with van der Waals surface area (Å²) in [7, 11) is 0. The number of thiazole rings is 1. The molecule has 0 unspecified atom stereocenters. The Labute approximate surface area is 162 Å². The second kappa shape index (κ2) is 7.22. The molecule has 2 aromatic carbocycles. The van der Waals surface area contributed by atoms with Crippen LogP contribution < -0.4 is 5.43 Å². The average Bonchev–Trinajstić information content (AvgIpc) is 3.28. The number of carboxylic acid groups (broad SMARTS) is 1. The molecule has 27 heavy (non-hydrogen) atoms. The van der Waals surface area contributed by atoms with Crippen molar-refractivity contribution in [2.24, 2.45) is 5.10 Å². The van der Waals surface area contributed by atoms with E-state index in [0.29, 0.717) is 27.2 Å². The molecule has 2 N–H and O–H groups in total. The van der Waals surface area contributed by atoms with Crippen molar-refractivity contribution in [1.29, 1.82) is 0 Å². The zero-order valence-corrected chi connectivity index (χ0v) is 15.3. The standard InChI is InChI=1S/C19H12ClN3O3S/c20-14-7-5-11(18(24)25)9-13(14)16-8-6-12(26-16)10-21-23-19-22-15-3-1-2-4-17(15)27-19/h1-10H,(H,22,23)(H,24,25)/b21-10+. The highest BCUT2D eigenvalue weighted by Crippen LogP contribution is 2.30. The molecule has 2 heterocycles. The van der Waals surface area contributed by atoms with Gasteiger partial charge in [-0.3, -0.25) is 5.43 Å². The number of furan rings is 1. The lowest BCUT2D eigenvalue weighted by Gasteiger charge is -2.02. The second-order valence-corrected chi connectivity index (χ2v) is 7.00. The van der Waals surface area contributed by atoms with Crippen molar-refractivity contribution in [3.8, 4) is 11.3 Å². The highest BCUT2D eigenvalue weighted by atomic mass is 35.5. The SMILES string of the molecule is O=C(O)c1ccc(Cl)c(-c2ccc(/C=N/Nc3nc4ccccc4s3)o2)c1. The number of hydrogen-bond acceptors (Lipinski definition) is 6. The molecule has 0 saturated heterocycles. The minimum absolute atomic E-state index is 0.138. The van der Waals surface area contributed by atoms with Crippen LogP contribution >= 0.6 is 22.9 Å². The van der Waals surface area contributed by atoms with Crippen LogP contribution in [0.15, 0.2) is 64.1 Å². The van der Waals surface area contributed by atoms with Crippen molar-refractivity contribution < 1.29 is 14.3 Å². The molecule has 8 heteroatoms. The molecule has 6 nitrogen and oxygen atoms in total. The van der Waals surface area contributed by atoms with Crippen molar-refractivity contribution in [3.63, 3.8) is 0 Å². The summed E-state index contributed by atoms with van der Waals surface area (Å²) in [5, 5.41) is 14.3. The van der Waals surface area contributed by atoms with Crippen molar-refractivity contribution >= 4 is 50.5 Å². The van der Waals surface area contributed by atoms with Gasteiger partial charge in [-0.15, -0.1) is 0 Å². The van der Waals surface area contributed by atoms with E-state index < -0.39 is 5.97 Å². The number of hydrazone groups is 1. The lowest BCUT2D eigenvalue weighted by Crippen LogP contribution is -1.96. The topological polar surface area (TPSA) is 87.7 Å². The van der Waals surface area contributed by atoms with Crippen LogP contribution in [0.25, 0.3) is 21.5 Å². The Morgan fingerprint density at radius 1 is 1.22 bits per heavy atom. The zero-order valence-electron chi connectivity index (χ0n) is 13.7. The fourth-order valence-electron chi connectivity index (χ4n) is 2.49. The van der Waals surface area contributed by atoms with Gasteiger partial charge in [-0.05, 0) is 42.5 Å². The molecule has 0 bridgehead atoms. The first-order valence-corrected chi connectivity index (χ1v) is 9.07. The molecule has 0 amide bonds. The maximum absolute atomic E-state index is 11.1. The zero-order chi connectivity index (χ0) is 18.8. The smallest absolute Gasteiger partial charge is 0.335 e. The molecular weight excluding hydrogens is 386 g/mol. The predicted molar refractivity (Wildman–Crippen MR) is 107 cm³/mol. The van der Waals surface area contributed by atoms with Crippen LogP contribution in [-0.4, -0.2) is 22.3 Å². The second-order valence-electron chi connectivity index (χ2n) is 5.56. The van der Waals surface area contributed by atoms with Gasteiger partial charge >= 0.3 is 5.97 Å². The number of rotatable bonds is 5. The summed E-state index contributed by atoms with van der Waals surface area (Å²) in [5.74, 6) is -0.0683. The summed E-state index contributed by atoms with van der Waals surface area (Å²) in [6.07, 6.45) is 1.52. The molecule has 0 fully saturated rings. The van der Waals surface area contributed by atoms with E-state index in [1.807, 2.05) is 24.3 Å². The number of fused-ring (bicyclic) bond motifs is 1. The number of nitrogens with one attached hydrogen (secondary N) is 1. The van der Waals surface area contributed by atoms with E-state index in [2.05, 4.69) is 15.5 Å². The molecular formula is C19H12ClN3O3S. The van der Waals surface area contributed by atoms with Crippen molar-refractivity contribution in [1.82, 2.24) is 4.98 Å². The molecule has 134 valence electrons. The summed E-state index contributed by atoms with van der Waals surface area (Å²) in [6.45, 7) is 0. The molecule has 4 aromatic rings. The van der Waals surface area contributed by atoms with Gasteiger partial charge in [0.15, 0.2) is 0 Å². The fraction of sp³-hybridized carbons (Fsp3) is 0. The van der Waals surface area contributed by atoms with Crippen LogP contribution in [0.5, 0.6) is 0 Å². The highest BCUT2D eigenvalue weighted by Gasteiger charge is 2.12. The van der Waals surface area contributed by atoms with Crippen LogP contribution in [0.2, 0.25) is 5.02 Å². The molecule has 0 spiro atoms. The van der Waals surface area contributed by atoms with E-state index in [4.69, 9.17) is 21.1 Å². The maximum Gasteiger partial charge on any atom is 0.335 e. The number of anilines is 1. The van der Waals surface area contributed by atoms with Crippen molar-refractivity contribution in [3.05, 3.63) is 70.9 Å². The number of benzene rings is 2. The minimum atomic E-state index is -1.03. The predicted octanol–water partition coefficient (Wildman–Crippen LogP) is 5.35. The van der Waals surface area contributed by atoms with Gasteiger partial charge in [-0.1, -0.05) is 35.1 Å². The van der Waals surface area contributed by atoms with Crippen LogP contribution in [-0.2, 0) is 0 Å². The lowest BCUT2D eigenvalue weighted by atomic mass is 10.1. The third-order valence-electron chi connectivity index (χ3n) is 3.75. The molecule has 0 aliphatic carbocycles. The molecule has 0 aliphatic rings. The Morgan fingerprint density at radius 3 is 2.89 bits per heavy atom. The van der Waals surface area contributed by atoms with E-state index in [1.165, 1.54) is 35.8 Å². The van der Waals surface area contributed by atoms with Crippen LogP contribution in [0.1, 0.15) is 16.1 Å². The van der Waals surface area contributed by atoms with Gasteiger partial charge in [0, 0.05) is 5.56 Å². The third-order valence-corrected chi connectivity index (χ3v) is 5.02. The van der Waals surface area contributed by atoms with Crippen LogP contribution in [0.4, 0.5) is 5.13 Å². The Bertz CT molecular complexity index is 1130. The number of carboxylic acids is 1. The molecule has 0 atom stereocenters. The average molecular weight is 398 g/mol. The van der Waals surface area contributed by atoms with Gasteiger partial charge in [-0.2, -0.15) is 5.10 Å². The first-order valence-electron chi connectivity index (χ1n) is 7.88. The summed E-state index contributed by atoms with van der Waals surface area (Å²) in [4.78, 5) is 15.6. The van der Waals surface area contributed by atoms with E-state index in [0.717, 1.165) is 10.2 Å². The summed E-state index contributed by atoms with van der Waals surface area (Å²) >= 11 is 7.66. The van der Waals surface area contributed by atoms with E-state index in [9.17, 15) is 4.79 Å². The summed E-state index contributed by atoms with van der Waals surface area (Å²) in [5.41, 5.74) is 4.44. The maximum atomic E-state index is 11.1. The van der Waals surface area contributed by atoms with Crippen molar-refractivity contribution in [2.75, 3.05) is 5.43 Å². The number of para-hydroxylation sites is 1. The highest BCUT2D eigenvalue weighted by molar-refractivity contribution is 7.22. The van der Waals surface area contributed by atoms with Crippen LogP contribution in [0, 0.1) is 0 Å². The van der Waals surface area contributed by atoms with Gasteiger partial charge in [-0.25, -0.2) is 9.78 Å². The van der Waals surface area contributed by atoms with Gasteiger partial charge in [0.05, 0.1) is 27.0 Å². The first-order chi connectivity index (χ1) is 13.1. The Kier molecular flexibility index (Phi) is 4.62. The largest absolute Gasteiger partial charge is 0.478 e. The molecule has 0 aliphatic heterocycles. The summed E-state index contributed by atoms with van der Waals surface area (Å²) in [6, 6.07) is 15.7. The van der Waals surface area contributed by atoms with Gasteiger partial charge in [0.25, 0.3) is 0 Å². The number of aromatic carboxylic acids is 1. The van der Waals surface area contributed by atoms with E-state index >= 15 is 0 Å².